The zero-order chi connectivity index (χ0) is 39.2. The van der Waals surface area contributed by atoms with E-state index in [1.165, 1.54) is 57.4 Å². The van der Waals surface area contributed by atoms with Crippen LogP contribution in [0.3, 0.4) is 0 Å². The van der Waals surface area contributed by atoms with Crippen LogP contribution in [-0.4, -0.2) is 11.6 Å². The predicted octanol–water partition coefficient (Wildman–Crippen LogP) is 15.8. The van der Waals surface area contributed by atoms with Crippen molar-refractivity contribution in [3.05, 3.63) is 140 Å². The molecule has 0 N–H and O–H groups in total. The lowest BCUT2D eigenvalue weighted by molar-refractivity contribution is 0.0973. The van der Waals surface area contributed by atoms with Crippen LogP contribution in [0, 0.1) is 0 Å². The first-order valence-electron chi connectivity index (χ1n) is 20.4. The highest BCUT2D eigenvalue weighted by atomic mass is 16.1. The Morgan fingerprint density at radius 2 is 0.698 bits per heavy atom. The molecule has 1 aromatic rings. The first kappa shape index (κ1) is 45.4. The Morgan fingerprint density at radius 3 is 1.02 bits per heavy atom. The molecule has 0 saturated heterocycles. The van der Waals surface area contributed by atoms with Crippen molar-refractivity contribution in [1.29, 1.82) is 0 Å². The molecule has 1 aliphatic carbocycles. The monoisotopic (exact) mass is 717 g/mol. The van der Waals surface area contributed by atoms with Crippen molar-refractivity contribution < 1.29 is 9.59 Å². The maximum atomic E-state index is 13.0. The molecule has 0 radical (unpaired) electrons. The number of hydrogen-bond acceptors (Lipinski definition) is 2. The van der Waals surface area contributed by atoms with Crippen molar-refractivity contribution in [2.75, 3.05) is 0 Å². The summed E-state index contributed by atoms with van der Waals surface area (Å²) in [7, 11) is 0. The molecule has 2 nitrogen and oxygen atoms in total. The van der Waals surface area contributed by atoms with Gasteiger partial charge in [0.05, 0.1) is 0 Å². The number of rotatable bonds is 23. The Hall–Kier alpha value is -3.78. The predicted molar refractivity (Wildman–Crippen MR) is 233 cm³/mol. The van der Waals surface area contributed by atoms with Crippen LogP contribution >= 0.6 is 0 Å². The first-order chi connectivity index (χ1) is 25.3. The Bertz CT molecular complexity index is 1650. The van der Waals surface area contributed by atoms with Crippen LogP contribution in [0.25, 0.3) is 0 Å². The molecule has 0 bridgehead atoms. The van der Waals surface area contributed by atoms with Gasteiger partial charge in [-0.3, -0.25) is 9.59 Å². The first-order valence-corrected chi connectivity index (χ1v) is 20.4. The summed E-state index contributed by atoms with van der Waals surface area (Å²) >= 11 is 0. The molecule has 1 aromatic carbocycles. The van der Waals surface area contributed by atoms with E-state index in [1.807, 2.05) is 12.1 Å². The highest BCUT2D eigenvalue weighted by molar-refractivity contribution is 6.26. The van der Waals surface area contributed by atoms with Crippen LogP contribution in [0.4, 0.5) is 0 Å². The van der Waals surface area contributed by atoms with Gasteiger partial charge in [0.25, 0.3) is 0 Å². The summed E-state index contributed by atoms with van der Waals surface area (Å²) in [6, 6.07) is 7.16. The van der Waals surface area contributed by atoms with Crippen LogP contribution in [0.5, 0.6) is 0 Å². The molecule has 0 unspecified atom stereocenters. The number of hydrogen-bond donors (Lipinski definition) is 0. The highest BCUT2D eigenvalue weighted by Gasteiger charge is 2.28. The van der Waals surface area contributed by atoms with Gasteiger partial charge in [-0.2, -0.15) is 0 Å². The minimum Gasteiger partial charge on any atom is -0.289 e. The fraction of sp³-hybridized carbons (Fsp3) is 0.490. The maximum absolute atomic E-state index is 13.0. The van der Waals surface area contributed by atoms with E-state index >= 15 is 0 Å². The smallest absolute Gasteiger partial charge is 0.190 e. The van der Waals surface area contributed by atoms with Gasteiger partial charge >= 0.3 is 0 Å². The SMILES string of the molecule is CC(C)=CCC/C(C)=C/CC/C(C)=C/CC/C(C)=C/CC/C(C)=C/CC/C(C)=C/CC/C(C)=C/CC/C(C)=C/CC1=C(C)C(=O)c2ccccc2C1=O. The second-order valence-corrected chi connectivity index (χ2v) is 15.9. The quantitative estimate of drug-likeness (QED) is 0.106. The fourth-order valence-electron chi connectivity index (χ4n) is 6.65. The molecule has 0 spiro atoms. The van der Waals surface area contributed by atoms with E-state index < -0.39 is 0 Å². The second kappa shape index (κ2) is 25.3. The molecule has 0 aliphatic heterocycles. The maximum Gasteiger partial charge on any atom is 0.190 e. The standard InChI is InChI=1S/C51H72O2/c1-38(2)20-13-21-39(3)22-14-23-40(4)24-15-25-41(5)26-16-27-42(6)28-17-29-43(7)30-18-31-44(8)32-19-33-45(9)36-37-47-46(10)50(52)48-34-11-12-35-49(48)51(47)53/h11-12,20,22,24,26,28,30,32,34-36H,13-19,21,23,25,27,29,31,33,37H2,1-10H3/b39-22+,40-24+,41-26+,42-28+,43-30+,44-32+,45-36+. The Labute approximate surface area is 325 Å². The number of benzene rings is 1. The molecule has 0 heterocycles. The summed E-state index contributed by atoms with van der Waals surface area (Å²) in [6.45, 7) is 21.9. The van der Waals surface area contributed by atoms with Crippen molar-refractivity contribution in [1.82, 2.24) is 0 Å². The molecular weight excluding hydrogens is 645 g/mol. The molecule has 1 aliphatic rings. The normalized spacial score (nSPS) is 15.4. The van der Waals surface area contributed by atoms with E-state index in [0.29, 0.717) is 28.7 Å². The third-order valence-electron chi connectivity index (χ3n) is 10.4. The van der Waals surface area contributed by atoms with Gasteiger partial charge in [0, 0.05) is 22.3 Å². The molecule has 0 aromatic heterocycles. The molecular formula is C51H72O2. The van der Waals surface area contributed by atoms with E-state index in [9.17, 15) is 9.59 Å². The van der Waals surface area contributed by atoms with Crippen molar-refractivity contribution >= 4 is 11.6 Å². The molecule has 2 heteroatoms. The van der Waals surface area contributed by atoms with Crippen molar-refractivity contribution in [2.24, 2.45) is 0 Å². The van der Waals surface area contributed by atoms with Gasteiger partial charge in [-0.1, -0.05) is 117 Å². The number of fused-ring (bicyclic) bond motifs is 1. The summed E-state index contributed by atoms with van der Waals surface area (Å²) in [5.41, 5.74) is 13.9. The summed E-state index contributed by atoms with van der Waals surface area (Å²) in [4.78, 5) is 25.8. The molecule has 0 saturated carbocycles. The fourth-order valence-corrected chi connectivity index (χ4v) is 6.65. The van der Waals surface area contributed by atoms with E-state index in [-0.39, 0.29) is 11.6 Å². The van der Waals surface area contributed by atoms with Gasteiger partial charge in [-0.25, -0.2) is 0 Å². The summed E-state index contributed by atoms with van der Waals surface area (Å²) in [5.74, 6) is -0.0315. The second-order valence-electron chi connectivity index (χ2n) is 15.9. The lowest BCUT2D eigenvalue weighted by atomic mass is 9.83. The van der Waals surface area contributed by atoms with E-state index in [0.717, 1.165) is 77.0 Å². The van der Waals surface area contributed by atoms with E-state index in [4.69, 9.17) is 0 Å². The average molecular weight is 717 g/mol. The number of Topliss-reactive ketones (excluding diaryl/α,β-unsaturated/α-hetero) is 2. The summed E-state index contributed by atoms with van der Waals surface area (Å²) < 4.78 is 0. The molecule has 53 heavy (non-hydrogen) atoms. The van der Waals surface area contributed by atoms with Gasteiger partial charge in [-0.15, -0.1) is 0 Å². The lowest BCUT2D eigenvalue weighted by Gasteiger charge is -2.18. The number of ketones is 2. The van der Waals surface area contributed by atoms with Crippen LogP contribution < -0.4 is 0 Å². The van der Waals surface area contributed by atoms with Gasteiger partial charge in [0.1, 0.15) is 0 Å². The van der Waals surface area contributed by atoms with Gasteiger partial charge in [0.2, 0.25) is 0 Å². The molecule has 0 atom stereocenters. The van der Waals surface area contributed by atoms with Gasteiger partial charge in [0.15, 0.2) is 11.6 Å². The minimum atomic E-state index is -0.0230. The van der Waals surface area contributed by atoms with Gasteiger partial charge < -0.3 is 0 Å². The number of allylic oxidation sites excluding steroid dienone is 18. The minimum absolute atomic E-state index is 0.00849. The number of carbonyl (C=O) groups excluding carboxylic acids is 2. The topological polar surface area (TPSA) is 34.1 Å². The average Bonchev–Trinajstić information content (AvgIpc) is 3.10. The highest BCUT2D eigenvalue weighted by Crippen LogP contribution is 2.29. The molecule has 0 fully saturated rings. The molecule has 2 rings (SSSR count). The van der Waals surface area contributed by atoms with E-state index in [1.54, 1.807) is 19.1 Å². The molecule has 0 amide bonds. The zero-order valence-electron chi connectivity index (χ0n) is 35.4. The molecule has 288 valence electrons. The van der Waals surface area contributed by atoms with Crippen LogP contribution in [-0.2, 0) is 0 Å². The third kappa shape index (κ3) is 18.7. The van der Waals surface area contributed by atoms with Crippen molar-refractivity contribution in [2.45, 2.75) is 166 Å². The van der Waals surface area contributed by atoms with Crippen molar-refractivity contribution in [3.8, 4) is 0 Å². The van der Waals surface area contributed by atoms with Crippen molar-refractivity contribution in [3.63, 3.8) is 0 Å². The zero-order valence-corrected chi connectivity index (χ0v) is 35.4. The van der Waals surface area contributed by atoms with E-state index in [2.05, 4.69) is 111 Å². The summed E-state index contributed by atoms with van der Waals surface area (Å²) in [6.07, 6.45) is 35.1. The van der Waals surface area contributed by atoms with Gasteiger partial charge in [-0.05, 0) is 166 Å². The third-order valence-corrected chi connectivity index (χ3v) is 10.4. The largest absolute Gasteiger partial charge is 0.289 e. The van der Waals surface area contributed by atoms with Crippen LogP contribution in [0.15, 0.2) is 129 Å². The van der Waals surface area contributed by atoms with Crippen LogP contribution in [0.2, 0.25) is 0 Å². The van der Waals surface area contributed by atoms with Crippen LogP contribution in [0.1, 0.15) is 186 Å². The Balaban J connectivity index is 1.62. The summed E-state index contributed by atoms with van der Waals surface area (Å²) in [5, 5.41) is 0. The Morgan fingerprint density at radius 1 is 0.415 bits per heavy atom. The Kier molecular flexibility index (Phi) is 21.6. The lowest BCUT2D eigenvalue weighted by Crippen LogP contribution is -2.20. The number of carbonyl (C=O) groups is 2.